The molecule has 0 spiro atoms. The van der Waals surface area contributed by atoms with Crippen molar-refractivity contribution in [3.05, 3.63) is 52.6 Å². The zero-order valence-electron chi connectivity index (χ0n) is 18.2. The van der Waals surface area contributed by atoms with Crippen molar-refractivity contribution in [3.8, 4) is 5.75 Å². The van der Waals surface area contributed by atoms with E-state index in [0.717, 1.165) is 29.2 Å². The van der Waals surface area contributed by atoms with Crippen LogP contribution in [0.3, 0.4) is 0 Å². The minimum absolute atomic E-state index is 0.0225. The fourth-order valence-electron chi connectivity index (χ4n) is 3.87. The fourth-order valence-corrected chi connectivity index (χ4v) is 3.87. The van der Waals surface area contributed by atoms with E-state index in [9.17, 15) is 9.59 Å². The number of amides is 2. The summed E-state index contributed by atoms with van der Waals surface area (Å²) < 4.78 is 5.62. The van der Waals surface area contributed by atoms with Crippen LogP contribution < -0.4 is 10.1 Å². The number of carbonyl (C=O) groups excluding carboxylic acids is 2. The van der Waals surface area contributed by atoms with Crippen LogP contribution in [0.25, 0.3) is 0 Å². The number of rotatable bonds is 7. The predicted molar refractivity (Wildman–Crippen MR) is 115 cm³/mol. The van der Waals surface area contributed by atoms with Gasteiger partial charge in [-0.2, -0.15) is 0 Å². The molecule has 0 radical (unpaired) electrons. The standard InChI is InChI=1S/C23H30N4O3/c1-5-24-21(28)13-19-15(3)25-22(26-16(19)4)17-11-12-27(14-17)23(29)18-9-7-8-10-20(18)30-6-2/h7-10,17H,5-6,11-14H2,1-4H3,(H,24,28)/t17-/m1/s1. The Morgan fingerprint density at radius 3 is 2.53 bits per heavy atom. The Kier molecular flexibility index (Phi) is 7.03. The molecule has 1 N–H and O–H groups in total. The van der Waals surface area contributed by atoms with Crippen LogP contribution in [0.5, 0.6) is 5.75 Å². The molecular formula is C23H30N4O3. The maximum absolute atomic E-state index is 13.1. The number of ether oxygens (including phenoxy) is 1. The van der Waals surface area contributed by atoms with Gasteiger partial charge in [0.05, 0.1) is 18.6 Å². The maximum Gasteiger partial charge on any atom is 0.257 e. The molecule has 1 aromatic heterocycles. The first kappa shape index (κ1) is 21.7. The Morgan fingerprint density at radius 1 is 1.17 bits per heavy atom. The second-order valence-corrected chi connectivity index (χ2v) is 7.53. The van der Waals surface area contributed by atoms with Gasteiger partial charge >= 0.3 is 0 Å². The summed E-state index contributed by atoms with van der Waals surface area (Å²) in [5.41, 5.74) is 3.12. The molecule has 0 aliphatic carbocycles. The van der Waals surface area contributed by atoms with E-state index in [1.807, 2.05) is 56.9 Å². The molecule has 1 atom stereocenters. The van der Waals surface area contributed by atoms with E-state index in [1.54, 1.807) is 0 Å². The van der Waals surface area contributed by atoms with Gasteiger partial charge in [0.15, 0.2) is 0 Å². The second kappa shape index (κ2) is 9.69. The highest BCUT2D eigenvalue weighted by molar-refractivity contribution is 5.97. The monoisotopic (exact) mass is 410 g/mol. The zero-order valence-corrected chi connectivity index (χ0v) is 18.2. The van der Waals surface area contributed by atoms with Crippen LogP contribution in [0.1, 0.15) is 59.3 Å². The first-order valence-corrected chi connectivity index (χ1v) is 10.6. The van der Waals surface area contributed by atoms with Crippen LogP contribution >= 0.6 is 0 Å². The second-order valence-electron chi connectivity index (χ2n) is 7.53. The van der Waals surface area contributed by atoms with Gasteiger partial charge in [-0.25, -0.2) is 9.97 Å². The summed E-state index contributed by atoms with van der Waals surface area (Å²) >= 11 is 0. The number of hydrogen-bond donors (Lipinski definition) is 1. The van der Waals surface area contributed by atoms with Gasteiger partial charge in [-0.3, -0.25) is 9.59 Å². The van der Waals surface area contributed by atoms with Crippen LogP contribution in [0.2, 0.25) is 0 Å². The molecule has 30 heavy (non-hydrogen) atoms. The number of aryl methyl sites for hydroxylation is 2. The van der Waals surface area contributed by atoms with Gasteiger partial charge in [0, 0.05) is 42.5 Å². The molecule has 0 bridgehead atoms. The van der Waals surface area contributed by atoms with Crippen molar-refractivity contribution in [2.24, 2.45) is 0 Å². The lowest BCUT2D eigenvalue weighted by atomic mass is 10.0. The Bertz CT molecular complexity index is 905. The van der Waals surface area contributed by atoms with Gasteiger partial charge in [-0.05, 0) is 46.2 Å². The Hall–Kier alpha value is -2.96. The highest BCUT2D eigenvalue weighted by atomic mass is 16.5. The molecule has 7 nitrogen and oxygen atoms in total. The SMILES string of the molecule is CCNC(=O)Cc1c(C)nc([C@@H]2CCN(C(=O)c3ccccc3OCC)C2)nc1C. The van der Waals surface area contributed by atoms with Gasteiger partial charge in [-0.1, -0.05) is 12.1 Å². The zero-order chi connectivity index (χ0) is 21.7. The third-order valence-electron chi connectivity index (χ3n) is 5.41. The van der Waals surface area contributed by atoms with Crippen LogP contribution in [-0.2, 0) is 11.2 Å². The number of carbonyl (C=O) groups is 2. The molecule has 1 aliphatic heterocycles. The first-order chi connectivity index (χ1) is 14.4. The largest absolute Gasteiger partial charge is 0.493 e. The highest BCUT2D eigenvalue weighted by Crippen LogP contribution is 2.29. The van der Waals surface area contributed by atoms with E-state index in [1.165, 1.54) is 0 Å². The molecule has 2 heterocycles. The summed E-state index contributed by atoms with van der Waals surface area (Å²) in [5.74, 6) is 1.40. The minimum Gasteiger partial charge on any atom is -0.493 e. The minimum atomic E-state index is -0.0251. The molecule has 1 saturated heterocycles. The van der Waals surface area contributed by atoms with E-state index in [2.05, 4.69) is 15.3 Å². The van der Waals surface area contributed by atoms with E-state index in [-0.39, 0.29) is 24.2 Å². The van der Waals surface area contributed by atoms with E-state index >= 15 is 0 Å². The number of likely N-dealkylation sites (tertiary alicyclic amines) is 1. The van der Waals surface area contributed by atoms with Crippen molar-refractivity contribution in [1.29, 1.82) is 0 Å². The normalized spacial score (nSPS) is 15.9. The van der Waals surface area contributed by atoms with Gasteiger partial charge in [-0.15, -0.1) is 0 Å². The predicted octanol–water partition coefficient (Wildman–Crippen LogP) is 2.80. The van der Waals surface area contributed by atoms with Crippen LogP contribution in [0, 0.1) is 13.8 Å². The molecule has 160 valence electrons. The number of benzene rings is 1. The fraction of sp³-hybridized carbons (Fsp3) is 0.478. The summed E-state index contributed by atoms with van der Waals surface area (Å²) in [6.45, 7) is 10.0. The van der Waals surface area contributed by atoms with Crippen molar-refractivity contribution in [2.45, 2.75) is 46.5 Å². The maximum atomic E-state index is 13.1. The van der Waals surface area contributed by atoms with E-state index < -0.39 is 0 Å². The molecule has 2 aromatic rings. The highest BCUT2D eigenvalue weighted by Gasteiger charge is 2.31. The third-order valence-corrected chi connectivity index (χ3v) is 5.41. The third kappa shape index (κ3) is 4.78. The lowest BCUT2D eigenvalue weighted by Gasteiger charge is -2.19. The van der Waals surface area contributed by atoms with Crippen molar-refractivity contribution in [2.75, 3.05) is 26.2 Å². The number of para-hydroxylation sites is 1. The summed E-state index contributed by atoms with van der Waals surface area (Å²) in [6.07, 6.45) is 1.10. The van der Waals surface area contributed by atoms with Crippen LogP contribution in [0.15, 0.2) is 24.3 Å². The van der Waals surface area contributed by atoms with Crippen molar-refractivity contribution in [1.82, 2.24) is 20.2 Å². The number of nitrogens with zero attached hydrogens (tertiary/aromatic N) is 3. The van der Waals surface area contributed by atoms with Crippen LogP contribution in [-0.4, -0.2) is 52.9 Å². The summed E-state index contributed by atoms with van der Waals surface area (Å²) in [4.78, 5) is 36.2. The number of nitrogens with one attached hydrogen (secondary N) is 1. The van der Waals surface area contributed by atoms with E-state index in [4.69, 9.17) is 4.74 Å². The lowest BCUT2D eigenvalue weighted by Crippen LogP contribution is -2.29. The van der Waals surface area contributed by atoms with Crippen molar-refractivity contribution in [3.63, 3.8) is 0 Å². The van der Waals surface area contributed by atoms with Gasteiger partial charge in [0.2, 0.25) is 5.91 Å². The van der Waals surface area contributed by atoms with Gasteiger partial charge < -0.3 is 15.0 Å². The smallest absolute Gasteiger partial charge is 0.257 e. The molecule has 2 amide bonds. The molecular weight excluding hydrogens is 380 g/mol. The summed E-state index contributed by atoms with van der Waals surface area (Å²) in [6, 6.07) is 7.36. The topological polar surface area (TPSA) is 84.4 Å². The first-order valence-electron chi connectivity index (χ1n) is 10.6. The van der Waals surface area contributed by atoms with Crippen molar-refractivity contribution >= 4 is 11.8 Å². The number of hydrogen-bond acceptors (Lipinski definition) is 5. The molecule has 1 aliphatic rings. The number of aromatic nitrogens is 2. The molecule has 7 heteroatoms. The lowest BCUT2D eigenvalue weighted by molar-refractivity contribution is -0.120. The average molecular weight is 411 g/mol. The average Bonchev–Trinajstić information content (AvgIpc) is 3.21. The Labute approximate surface area is 177 Å². The molecule has 0 saturated carbocycles. The van der Waals surface area contributed by atoms with Crippen LogP contribution in [0.4, 0.5) is 0 Å². The number of likely N-dealkylation sites (N-methyl/N-ethyl adjacent to an activating group) is 1. The molecule has 3 rings (SSSR count). The van der Waals surface area contributed by atoms with Crippen molar-refractivity contribution < 1.29 is 14.3 Å². The molecule has 0 unspecified atom stereocenters. The Balaban J connectivity index is 1.74. The summed E-state index contributed by atoms with van der Waals surface area (Å²) in [7, 11) is 0. The summed E-state index contributed by atoms with van der Waals surface area (Å²) in [5, 5.41) is 2.82. The van der Waals surface area contributed by atoms with Gasteiger partial charge in [0.1, 0.15) is 11.6 Å². The molecule has 1 fully saturated rings. The molecule has 1 aromatic carbocycles. The van der Waals surface area contributed by atoms with E-state index in [0.29, 0.717) is 37.6 Å². The Morgan fingerprint density at radius 2 is 1.87 bits per heavy atom. The van der Waals surface area contributed by atoms with Gasteiger partial charge in [0.25, 0.3) is 5.91 Å². The quantitative estimate of drug-likeness (QED) is 0.759.